The van der Waals surface area contributed by atoms with Crippen molar-refractivity contribution < 1.29 is 0 Å². The van der Waals surface area contributed by atoms with Crippen LogP contribution in [0.1, 0.15) is 23.2 Å². The number of nitrogens with zero attached hydrogens (tertiary/aromatic N) is 1. The molecule has 1 aromatic carbocycles. The molecule has 0 unspecified atom stereocenters. The van der Waals surface area contributed by atoms with Gasteiger partial charge < -0.3 is 5.73 Å². The molecule has 2 N–H and O–H groups in total. The van der Waals surface area contributed by atoms with Gasteiger partial charge >= 0.3 is 0 Å². The molecule has 4 heteroatoms. The SMILES string of the molecule is NCc1cc2c(nc1Sc1ccc(Cl)cc1)CCC2. The number of aryl methyl sites for hydroxylation is 2. The van der Waals surface area contributed by atoms with Crippen molar-refractivity contribution in [1.82, 2.24) is 4.98 Å². The Bertz CT molecular complexity index is 596. The van der Waals surface area contributed by atoms with Crippen molar-refractivity contribution in [3.63, 3.8) is 0 Å². The van der Waals surface area contributed by atoms with E-state index < -0.39 is 0 Å². The van der Waals surface area contributed by atoms with Crippen molar-refractivity contribution in [2.75, 3.05) is 0 Å². The summed E-state index contributed by atoms with van der Waals surface area (Å²) in [5.74, 6) is 0. The fourth-order valence-electron chi connectivity index (χ4n) is 2.35. The topological polar surface area (TPSA) is 38.9 Å². The number of fused-ring (bicyclic) bond motifs is 1. The highest BCUT2D eigenvalue weighted by atomic mass is 35.5. The minimum Gasteiger partial charge on any atom is -0.326 e. The van der Waals surface area contributed by atoms with E-state index in [4.69, 9.17) is 22.3 Å². The van der Waals surface area contributed by atoms with Gasteiger partial charge in [0.05, 0.1) is 0 Å². The van der Waals surface area contributed by atoms with Crippen LogP contribution in [0.3, 0.4) is 0 Å². The molecule has 0 spiro atoms. The number of rotatable bonds is 3. The quantitative estimate of drug-likeness (QED) is 0.933. The first kappa shape index (κ1) is 13.0. The lowest BCUT2D eigenvalue weighted by atomic mass is 10.1. The normalized spacial score (nSPS) is 13.6. The second-order valence-corrected chi connectivity index (χ2v) is 6.17. The van der Waals surface area contributed by atoms with Crippen LogP contribution < -0.4 is 5.73 Å². The molecule has 0 saturated carbocycles. The van der Waals surface area contributed by atoms with Crippen LogP contribution in [0.2, 0.25) is 5.02 Å². The van der Waals surface area contributed by atoms with Crippen LogP contribution in [0.4, 0.5) is 0 Å². The summed E-state index contributed by atoms with van der Waals surface area (Å²) in [7, 11) is 0. The molecular weight excluding hydrogens is 276 g/mol. The zero-order chi connectivity index (χ0) is 13.2. The van der Waals surface area contributed by atoms with Gasteiger partial charge in [-0.15, -0.1) is 0 Å². The summed E-state index contributed by atoms with van der Waals surface area (Å²) in [6.07, 6.45) is 3.44. The average Bonchev–Trinajstić information content (AvgIpc) is 2.87. The zero-order valence-electron chi connectivity index (χ0n) is 10.5. The highest BCUT2D eigenvalue weighted by molar-refractivity contribution is 7.99. The first-order valence-electron chi connectivity index (χ1n) is 6.41. The lowest BCUT2D eigenvalue weighted by Crippen LogP contribution is -2.03. The number of pyridine rings is 1. The highest BCUT2D eigenvalue weighted by Crippen LogP contribution is 2.32. The van der Waals surface area contributed by atoms with Crippen LogP contribution in [0.15, 0.2) is 40.3 Å². The molecule has 2 nitrogen and oxygen atoms in total. The standard InChI is InChI=1S/C15H15ClN2S/c16-12-4-6-13(7-5-12)19-15-11(9-17)8-10-2-1-3-14(10)18-15/h4-8H,1-3,9,17H2. The van der Waals surface area contributed by atoms with E-state index in [0.29, 0.717) is 6.54 Å². The number of aromatic nitrogens is 1. The fraction of sp³-hybridized carbons (Fsp3) is 0.267. The first-order chi connectivity index (χ1) is 9.26. The minimum atomic E-state index is 0.538. The number of hydrogen-bond donors (Lipinski definition) is 1. The van der Waals surface area contributed by atoms with Gasteiger partial charge in [-0.05, 0) is 54.7 Å². The lowest BCUT2D eigenvalue weighted by Gasteiger charge is -2.10. The largest absolute Gasteiger partial charge is 0.326 e. The van der Waals surface area contributed by atoms with Crippen LogP contribution in [-0.4, -0.2) is 4.98 Å². The van der Waals surface area contributed by atoms with E-state index in [2.05, 4.69) is 6.07 Å². The molecule has 3 rings (SSSR count). The van der Waals surface area contributed by atoms with Crippen LogP contribution in [-0.2, 0) is 19.4 Å². The molecule has 0 atom stereocenters. The monoisotopic (exact) mass is 290 g/mol. The van der Waals surface area contributed by atoms with Crippen LogP contribution in [0.25, 0.3) is 0 Å². The van der Waals surface area contributed by atoms with Crippen molar-refractivity contribution in [2.24, 2.45) is 5.73 Å². The Balaban J connectivity index is 1.93. The Labute approximate surface area is 122 Å². The number of benzene rings is 1. The van der Waals surface area contributed by atoms with E-state index in [1.165, 1.54) is 17.7 Å². The molecule has 19 heavy (non-hydrogen) atoms. The van der Waals surface area contributed by atoms with E-state index in [9.17, 15) is 0 Å². The molecule has 0 fully saturated rings. The Morgan fingerprint density at radius 1 is 1.21 bits per heavy atom. The van der Waals surface area contributed by atoms with E-state index in [1.807, 2.05) is 24.3 Å². The number of halogens is 1. The summed E-state index contributed by atoms with van der Waals surface area (Å²) in [4.78, 5) is 5.93. The molecule has 0 aliphatic heterocycles. The van der Waals surface area contributed by atoms with E-state index in [-0.39, 0.29) is 0 Å². The summed E-state index contributed by atoms with van der Waals surface area (Å²) < 4.78 is 0. The summed E-state index contributed by atoms with van der Waals surface area (Å²) in [5.41, 5.74) is 9.61. The van der Waals surface area contributed by atoms with Gasteiger partial charge in [-0.25, -0.2) is 4.98 Å². The Kier molecular flexibility index (Phi) is 3.78. The molecule has 1 aliphatic carbocycles. The van der Waals surface area contributed by atoms with Crippen molar-refractivity contribution in [1.29, 1.82) is 0 Å². The lowest BCUT2D eigenvalue weighted by molar-refractivity contribution is 0.884. The predicted octanol–water partition coefficient (Wildman–Crippen LogP) is 3.83. The van der Waals surface area contributed by atoms with Crippen molar-refractivity contribution in [3.8, 4) is 0 Å². The van der Waals surface area contributed by atoms with E-state index >= 15 is 0 Å². The molecule has 2 aromatic rings. The molecule has 1 heterocycles. The summed E-state index contributed by atoms with van der Waals surface area (Å²) in [6.45, 7) is 0.538. The second-order valence-electron chi connectivity index (χ2n) is 4.67. The Hall–Kier alpha value is -1.03. The maximum absolute atomic E-state index is 5.91. The van der Waals surface area contributed by atoms with Gasteiger partial charge in [0.2, 0.25) is 0 Å². The van der Waals surface area contributed by atoms with Crippen molar-refractivity contribution >= 4 is 23.4 Å². The third-order valence-corrected chi connectivity index (χ3v) is 4.64. The molecule has 0 amide bonds. The Morgan fingerprint density at radius 2 is 2.00 bits per heavy atom. The molecule has 1 aromatic heterocycles. The van der Waals surface area contributed by atoms with Gasteiger partial charge in [0.1, 0.15) is 5.03 Å². The van der Waals surface area contributed by atoms with Gasteiger partial charge in [-0.3, -0.25) is 0 Å². The fourth-order valence-corrected chi connectivity index (χ4v) is 3.40. The number of hydrogen-bond acceptors (Lipinski definition) is 3. The molecule has 0 radical (unpaired) electrons. The predicted molar refractivity (Wildman–Crippen MR) is 79.7 cm³/mol. The van der Waals surface area contributed by atoms with E-state index in [1.54, 1.807) is 11.8 Å². The zero-order valence-corrected chi connectivity index (χ0v) is 12.1. The molecule has 98 valence electrons. The second kappa shape index (κ2) is 5.53. The van der Waals surface area contributed by atoms with Gasteiger partial charge in [0.25, 0.3) is 0 Å². The van der Waals surface area contributed by atoms with Gasteiger partial charge in [-0.2, -0.15) is 0 Å². The maximum Gasteiger partial charge on any atom is 0.106 e. The van der Waals surface area contributed by atoms with Crippen molar-refractivity contribution in [3.05, 3.63) is 52.2 Å². The van der Waals surface area contributed by atoms with Crippen molar-refractivity contribution in [2.45, 2.75) is 35.7 Å². The first-order valence-corrected chi connectivity index (χ1v) is 7.61. The van der Waals surface area contributed by atoms with Gasteiger partial charge in [0.15, 0.2) is 0 Å². The molecule has 1 aliphatic rings. The smallest absolute Gasteiger partial charge is 0.106 e. The highest BCUT2D eigenvalue weighted by Gasteiger charge is 2.16. The van der Waals surface area contributed by atoms with Crippen LogP contribution in [0.5, 0.6) is 0 Å². The molecular formula is C15H15ClN2S. The summed E-state index contributed by atoms with van der Waals surface area (Å²) in [6, 6.07) is 10.1. The molecule has 0 bridgehead atoms. The van der Waals surface area contributed by atoms with Crippen LogP contribution in [0, 0.1) is 0 Å². The average molecular weight is 291 g/mol. The van der Waals surface area contributed by atoms with E-state index in [0.717, 1.165) is 33.3 Å². The maximum atomic E-state index is 5.91. The molecule has 0 saturated heterocycles. The summed E-state index contributed by atoms with van der Waals surface area (Å²) >= 11 is 7.57. The van der Waals surface area contributed by atoms with Gasteiger partial charge in [-0.1, -0.05) is 29.4 Å². The summed E-state index contributed by atoms with van der Waals surface area (Å²) in [5, 5.41) is 1.79. The number of nitrogens with two attached hydrogens (primary N) is 1. The van der Waals surface area contributed by atoms with Gasteiger partial charge in [0, 0.05) is 22.2 Å². The third kappa shape index (κ3) is 2.78. The third-order valence-electron chi connectivity index (χ3n) is 3.34. The van der Waals surface area contributed by atoms with Crippen LogP contribution >= 0.6 is 23.4 Å². The minimum absolute atomic E-state index is 0.538. The Morgan fingerprint density at radius 3 is 2.74 bits per heavy atom.